The number of rotatable bonds is 2. The van der Waals surface area contributed by atoms with Crippen LogP contribution in [0.5, 0.6) is 0 Å². The van der Waals surface area contributed by atoms with Gasteiger partial charge < -0.3 is 5.11 Å². The summed E-state index contributed by atoms with van der Waals surface area (Å²) in [6.45, 7) is 1.83. The molecule has 0 saturated carbocycles. The maximum Gasteiger partial charge on any atom is 0.328 e. The molecule has 0 aromatic carbocycles. The van der Waals surface area contributed by atoms with E-state index in [1.807, 2.05) is 6.92 Å². The summed E-state index contributed by atoms with van der Waals surface area (Å²) in [5, 5.41) is 8.02. The smallest absolute Gasteiger partial charge is 0.328 e. The summed E-state index contributed by atoms with van der Waals surface area (Å²) < 4.78 is 0. The molecule has 0 aromatic rings. The molecule has 9 heavy (non-hydrogen) atoms. The number of carbonyl (C=O) groups is 1. The van der Waals surface area contributed by atoms with Crippen molar-refractivity contribution in [3.05, 3.63) is 24.3 Å². The molecule has 0 aromatic heterocycles. The normalized spacial score (nSPS) is 9.89. The number of hydrogen-bond donors (Lipinski definition) is 1. The Hall–Kier alpha value is 0.145. The second kappa shape index (κ2) is 8.14. The van der Waals surface area contributed by atoms with Crippen LogP contribution in [-0.2, 0) is 4.79 Å². The Morgan fingerprint density at radius 1 is 1.44 bits per heavy atom. The van der Waals surface area contributed by atoms with E-state index >= 15 is 0 Å². The van der Waals surface area contributed by atoms with Gasteiger partial charge in [-0.2, -0.15) is 0 Å². The minimum Gasteiger partial charge on any atom is -0.478 e. The van der Waals surface area contributed by atoms with Crippen molar-refractivity contribution >= 4 is 5.97 Å². The van der Waals surface area contributed by atoms with Gasteiger partial charge in [0.1, 0.15) is 0 Å². The average Bonchev–Trinajstić information content (AvgIpc) is 1.66. The maximum atomic E-state index is 9.75. The molecule has 0 aliphatic rings. The van der Waals surface area contributed by atoms with Crippen LogP contribution in [0, 0.1) is 35.6 Å². The minimum absolute atomic E-state index is 0. The SMILES string of the molecule is C/C=C/C=C/C(=O)O.[La]. The van der Waals surface area contributed by atoms with E-state index in [0.29, 0.717) is 0 Å². The van der Waals surface area contributed by atoms with Gasteiger partial charge in [0, 0.05) is 41.7 Å². The fourth-order valence-corrected chi connectivity index (χ4v) is 0.249. The summed E-state index contributed by atoms with van der Waals surface area (Å²) in [7, 11) is 0. The third-order valence-corrected chi connectivity index (χ3v) is 0.542. The first-order chi connectivity index (χ1) is 3.77. The molecule has 1 radical (unpaired) electrons. The van der Waals surface area contributed by atoms with Crippen molar-refractivity contribution in [2.75, 3.05) is 0 Å². The third-order valence-electron chi connectivity index (χ3n) is 0.542. The zero-order valence-corrected chi connectivity index (χ0v) is 8.87. The summed E-state index contributed by atoms with van der Waals surface area (Å²) >= 11 is 0. The fourth-order valence-electron chi connectivity index (χ4n) is 0.249. The molecular formula is C6H8LaO2. The van der Waals surface area contributed by atoms with E-state index in [2.05, 4.69) is 0 Å². The fraction of sp³-hybridized carbons (Fsp3) is 0.167. The number of aliphatic carboxylic acids is 1. The zero-order valence-electron chi connectivity index (χ0n) is 5.24. The second-order valence-corrected chi connectivity index (χ2v) is 1.22. The summed E-state index contributed by atoms with van der Waals surface area (Å²) in [5.74, 6) is -0.914. The summed E-state index contributed by atoms with van der Waals surface area (Å²) in [4.78, 5) is 9.75. The molecule has 0 saturated heterocycles. The minimum atomic E-state index is -0.914. The van der Waals surface area contributed by atoms with Gasteiger partial charge in [0.05, 0.1) is 0 Å². The molecule has 0 aliphatic heterocycles. The predicted octanol–water partition coefficient (Wildman–Crippen LogP) is 1.20. The third kappa shape index (κ3) is 11.6. The van der Waals surface area contributed by atoms with Gasteiger partial charge in [0.25, 0.3) is 0 Å². The van der Waals surface area contributed by atoms with Crippen LogP contribution in [0.25, 0.3) is 0 Å². The van der Waals surface area contributed by atoms with E-state index in [9.17, 15) is 4.79 Å². The molecule has 0 rings (SSSR count). The molecule has 47 valence electrons. The van der Waals surface area contributed by atoms with Gasteiger partial charge in [-0.1, -0.05) is 18.2 Å². The van der Waals surface area contributed by atoms with Gasteiger partial charge in [0.2, 0.25) is 0 Å². The Bertz CT molecular complexity index is 127. The van der Waals surface area contributed by atoms with Crippen molar-refractivity contribution in [1.29, 1.82) is 0 Å². The van der Waals surface area contributed by atoms with Crippen molar-refractivity contribution in [3.8, 4) is 0 Å². The first-order valence-corrected chi connectivity index (χ1v) is 2.29. The van der Waals surface area contributed by atoms with E-state index in [0.717, 1.165) is 6.08 Å². The van der Waals surface area contributed by atoms with Crippen molar-refractivity contribution < 1.29 is 45.5 Å². The van der Waals surface area contributed by atoms with Gasteiger partial charge in [-0.05, 0) is 6.92 Å². The first kappa shape index (κ1) is 11.9. The van der Waals surface area contributed by atoms with Gasteiger partial charge in [-0.15, -0.1) is 0 Å². The summed E-state index contributed by atoms with van der Waals surface area (Å²) in [5.41, 5.74) is 0. The topological polar surface area (TPSA) is 37.3 Å². The maximum absolute atomic E-state index is 9.75. The number of allylic oxidation sites excluding steroid dienone is 3. The molecule has 0 heterocycles. The number of carboxylic acid groups (broad SMARTS) is 1. The van der Waals surface area contributed by atoms with Crippen molar-refractivity contribution in [1.82, 2.24) is 0 Å². The first-order valence-electron chi connectivity index (χ1n) is 2.29. The molecule has 0 bridgehead atoms. The van der Waals surface area contributed by atoms with E-state index in [1.54, 1.807) is 12.2 Å². The molecule has 0 spiro atoms. The van der Waals surface area contributed by atoms with Crippen molar-refractivity contribution in [2.45, 2.75) is 6.92 Å². The van der Waals surface area contributed by atoms with Gasteiger partial charge >= 0.3 is 5.97 Å². The zero-order chi connectivity index (χ0) is 6.41. The second-order valence-electron chi connectivity index (χ2n) is 1.22. The quantitative estimate of drug-likeness (QED) is 0.591. The van der Waals surface area contributed by atoms with E-state index in [4.69, 9.17) is 5.11 Å². The molecule has 0 aliphatic carbocycles. The van der Waals surface area contributed by atoms with Crippen LogP contribution >= 0.6 is 0 Å². The molecule has 0 atom stereocenters. The van der Waals surface area contributed by atoms with Gasteiger partial charge in [0.15, 0.2) is 0 Å². The van der Waals surface area contributed by atoms with Gasteiger partial charge in [-0.25, -0.2) is 4.79 Å². The largest absolute Gasteiger partial charge is 0.478 e. The number of hydrogen-bond acceptors (Lipinski definition) is 1. The Morgan fingerprint density at radius 3 is 2.33 bits per heavy atom. The summed E-state index contributed by atoms with van der Waals surface area (Å²) in [6.07, 6.45) is 5.98. The molecular weight excluding hydrogens is 243 g/mol. The molecule has 0 amide bonds. The Kier molecular flexibility index (Phi) is 10.8. The molecule has 2 nitrogen and oxygen atoms in total. The Balaban J connectivity index is 0. The standard InChI is InChI=1S/C6H8O2.La/c1-2-3-4-5-6(7)8;/h2-5H,1H3,(H,7,8);/b3-2+,5-4+;. The van der Waals surface area contributed by atoms with Crippen LogP contribution in [-0.4, -0.2) is 11.1 Å². The van der Waals surface area contributed by atoms with E-state index in [1.165, 1.54) is 6.08 Å². The predicted molar refractivity (Wildman–Crippen MR) is 31.6 cm³/mol. The Morgan fingerprint density at radius 2 is 2.00 bits per heavy atom. The monoisotopic (exact) mass is 251 g/mol. The average molecular weight is 251 g/mol. The molecule has 3 heteroatoms. The molecule has 1 N–H and O–H groups in total. The van der Waals surface area contributed by atoms with Crippen molar-refractivity contribution in [3.63, 3.8) is 0 Å². The van der Waals surface area contributed by atoms with Crippen molar-refractivity contribution in [2.24, 2.45) is 0 Å². The van der Waals surface area contributed by atoms with Crippen LogP contribution in [0.4, 0.5) is 0 Å². The van der Waals surface area contributed by atoms with Crippen LogP contribution in [0.2, 0.25) is 0 Å². The molecule has 0 unspecified atom stereocenters. The summed E-state index contributed by atoms with van der Waals surface area (Å²) in [6, 6.07) is 0. The van der Waals surface area contributed by atoms with E-state index in [-0.39, 0.29) is 35.6 Å². The van der Waals surface area contributed by atoms with Gasteiger partial charge in [-0.3, -0.25) is 0 Å². The van der Waals surface area contributed by atoms with Crippen LogP contribution in [0.15, 0.2) is 24.3 Å². The van der Waals surface area contributed by atoms with Crippen LogP contribution in [0.3, 0.4) is 0 Å². The molecule has 0 fully saturated rings. The van der Waals surface area contributed by atoms with Crippen LogP contribution in [0.1, 0.15) is 6.92 Å². The number of carboxylic acids is 1. The Labute approximate surface area is 82.2 Å². The van der Waals surface area contributed by atoms with E-state index < -0.39 is 5.97 Å². The van der Waals surface area contributed by atoms with Crippen LogP contribution < -0.4 is 0 Å².